The molecule has 0 unspecified atom stereocenters. The van der Waals surface area contributed by atoms with Gasteiger partial charge in [0.05, 0.1) is 12.4 Å². The molecule has 7 heteroatoms. The molecule has 160 valence electrons. The maximum atomic E-state index is 4.91. The number of aromatic nitrogens is 6. The van der Waals surface area contributed by atoms with Crippen LogP contribution in [0.25, 0.3) is 0 Å². The van der Waals surface area contributed by atoms with Crippen LogP contribution in [0.2, 0.25) is 11.8 Å². The predicted octanol–water partition coefficient (Wildman–Crippen LogP) is 5.88. The minimum atomic E-state index is -2.67. The van der Waals surface area contributed by atoms with Crippen LogP contribution in [0.5, 0.6) is 0 Å². The Morgan fingerprint density at radius 1 is 0.655 bits per heavy atom. The second-order valence-corrected chi connectivity index (χ2v) is 22.8. The van der Waals surface area contributed by atoms with Gasteiger partial charge in [0.15, 0.2) is 0 Å². The van der Waals surface area contributed by atoms with Crippen LogP contribution < -0.4 is 0 Å². The van der Waals surface area contributed by atoms with Gasteiger partial charge in [0.1, 0.15) is 0 Å². The van der Waals surface area contributed by atoms with E-state index >= 15 is 0 Å². The molecule has 0 amide bonds. The van der Waals surface area contributed by atoms with Crippen LogP contribution in [0.1, 0.15) is 96.3 Å². The van der Waals surface area contributed by atoms with Gasteiger partial charge in [-0.15, -0.1) is 0 Å². The first-order chi connectivity index (χ1) is 14.4. The quantitative estimate of drug-likeness (QED) is 0.527. The number of aromatic amines is 1. The second-order valence-electron chi connectivity index (χ2n) is 9.39. The molecule has 29 heavy (non-hydrogen) atoms. The topological polar surface area (TPSA) is 72.3 Å². The standard InChI is InChI=1S/3C6H11.C2H2N3.C2H3N3.Sn/c3*1-2-4-6-5-3-1;1-3-2-5-4-1;1-2-4-5-3-1;/h3*1H,2-6H2;1-2H;1-2H,(H,3,4,5);/q;;;-1;;+1. The zero-order valence-corrected chi connectivity index (χ0v) is 20.7. The van der Waals surface area contributed by atoms with Crippen molar-refractivity contribution in [1.29, 1.82) is 0 Å². The number of hydrogen-bond donors (Lipinski definition) is 1. The summed E-state index contributed by atoms with van der Waals surface area (Å²) in [6.45, 7) is 0. The Balaban J connectivity index is 0.000000359. The molecule has 3 fully saturated rings. The Labute approximate surface area is 179 Å². The average Bonchev–Trinajstić information content (AvgIpc) is 3.54. The molecule has 5 rings (SSSR count). The zero-order chi connectivity index (χ0) is 19.8. The predicted molar refractivity (Wildman–Crippen MR) is 118 cm³/mol. The summed E-state index contributed by atoms with van der Waals surface area (Å²) in [6, 6.07) is 0. The van der Waals surface area contributed by atoms with E-state index in [-0.39, 0.29) is 0 Å². The molecule has 2 aromatic heterocycles. The summed E-state index contributed by atoms with van der Waals surface area (Å²) in [7, 11) is 0. The van der Waals surface area contributed by atoms with Gasteiger partial charge in [-0.3, -0.25) is 0 Å². The third-order valence-corrected chi connectivity index (χ3v) is 27.0. The van der Waals surface area contributed by atoms with Crippen molar-refractivity contribution in [3.8, 4) is 0 Å². The van der Waals surface area contributed by atoms with Gasteiger partial charge in [-0.1, -0.05) is 0 Å². The first-order valence-electron chi connectivity index (χ1n) is 12.1. The fourth-order valence-corrected chi connectivity index (χ4v) is 28.6. The summed E-state index contributed by atoms with van der Waals surface area (Å²) < 4.78 is 5.74. The molecule has 0 atom stereocenters. The Kier molecular flexibility index (Phi) is 8.02. The Hall–Kier alpha value is -0.921. The van der Waals surface area contributed by atoms with Crippen LogP contribution in [0.3, 0.4) is 0 Å². The molecule has 3 aliphatic rings. The molecule has 0 radical (unpaired) electrons. The molecule has 1 N–H and O–H groups in total. The Morgan fingerprint density at radius 3 is 1.41 bits per heavy atom. The number of nitrogens with zero attached hydrogens (tertiary/aromatic N) is 5. The van der Waals surface area contributed by atoms with E-state index in [4.69, 9.17) is 5.10 Å². The van der Waals surface area contributed by atoms with Crippen molar-refractivity contribution >= 4 is 18.7 Å². The molecule has 3 saturated carbocycles. The molecule has 6 nitrogen and oxygen atoms in total. The second kappa shape index (κ2) is 10.9. The van der Waals surface area contributed by atoms with Crippen molar-refractivity contribution in [3.05, 3.63) is 25.0 Å². The monoisotopic (exact) mass is 506 g/mol. The van der Waals surface area contributed by atoms with Crippen LogP contribution in [0.4, 0.5) is 0 Å². The van der Waals surface area contributed by atoms with Gasteiger partial charge in [0.2, 0.25) is 0 Å². The molecule has 2 aromatic rings. The van der Waals surface area contributed by atoms with Crippen LogP contribution in [0.15, 0.2) is 25.0 Å². The summed E-state index contributed by atoms with van der Waals surface area (Å²) in [5.41, 5.74) is 0. The van der Waals surface area contributed by atoms with Gasteiger partial charge in [-0.2, -0.15) is 15.4 Å². The van der Waals surface area contributed by atoms with E-state index in [0.29, 0.717) is 0 Å². The number of rotatable bonds is 4. The van der Waals surface area contributed by atoms with Gasteiger partial charge in [0, 0.05) is 0 Å². The van der Waals surface area contributed by atoms with E-state index in [1.54, 1.807) is 12.4 Å². The number of H-pyrrole nitrogens is 1. The van der Waals surface area contributed by atoms with Crippen molar-refractivity contribution in [3.63, 3.8) is 0 Å². The van der Waals surface area contributed by atoms with E-state index < -0.39 is 18.7 Å². The molecule has 0 saturated heterocycles. The summed E-state index contributed by atoms with van der Waals surface area (Å²) in [5, 5.41) is 14.2. The van der Waals surface area contributed by atoms with Gasteiger partial charge in [0.25, 0.3) is 0 Å². The molecule has 2 heterocycles. The first kappa shape index (κ1) is 21.3. The summed E-state index contributed by atoms with van der Waals surface area (Å²) in [5.74, 6) is 0. The van der Waals surface area contributed by atoms with Crippen molar-refractivity contribution in [2.45, 2.75) is 108 Å². The van der Waals surface area contributed by atoms with Gasteiger partial charge in [-0.25, -0.2) is 0 Å². The van der Waals surface area contributed by atoms with Gasteiger partial charge in [-0.05, 0) is 0 Å². The summed E-state index contributed by atoms with van der Waals surface area (Å²) >= 11 is -2.67. The Morgan fingerprint density at radius 2 is 1.10 bits per heavy atom. The van der Waals surface area contributed by atoms with E-state index in [1.807, 2.05) is 6.33 Å². The minimum absolute atomic E-state index is 1.04. The molecular formula is C22H38N6Sn. The third-order valence-electron chi connectivity index (χ3n) is 7.92. The fourth-order valence-electron chi connectivity index (χ4n) is 6.83. The van der Waals surface area contributed by atoms with Crippen LogP contribution >= 0.6 is 0 Å². The number of nitrogens with one attached hydrogen (secondary N) is 1. The Bertz CT molecular complexity index is 593. The molecule has 0 aliphatic heterocycles. The first-order valence-corrected chi connectivity index (χ1v) is 18.3. The van der Waals surface area contributed by atoms with Crippen molar-refractivity contribution in [2.24, 2.45) is 0 Å². The van der Waals surface area contributed by atoms with Gasteiger partial charge >= 0.3 is 152 Å². The van der Waals surface area contributed by atoms with E-state index in [0.717, 1.165) is 11.8 Å². The fraction of sp³-hybridized carbons (Fsp3) is 0.818. The van der Waals surface area contributed by atoms with Crippen LogP contribution in [-0.4, -0.2) is 47.0 Å². The van der Waals surface area contributed by atoms with E-state index in [9.17, 15) is 0 Å². The van der Waals surface area contributed by atoms with E-state index in [1.165, 1.54) is 96.3 Å². The number of hydrogen-bond acceptors (Lipinski definition) is 4. The van der Waals surface area contributed by atoms with Crippen molar-refractivity contribution in [2.75, 3.05) is 0 Å². The third kappa shape index (κ3) is 4.88. The van der Waals surface area contributed by atoms with Crippen LogP contribution in [-0.2, 0) is 0 Å². The molecule has 3 aliphatic carbocycles. The van der Waals surface area contributed by atoms with Crippen LogP contribution in [0, 0.1) is 0 Å². The summed E-state index contributed by atoms with van der Waals surface area (Å²) in [4.78, 5) is 4.48. The normalized spacial score (nSPS) is 22.8. The summed E-state index contributed by atoms with van der Waals surface area (Å²) in [6.07, 6.45) is 29.6. The van der Waals surface area contributed by atoms with Crippen molar-refractivity contribution < 1.29 is 0 Å². The molecule has 0 spiro atoms. The van der Waals surface area contributed by atoms with Gasteiger partial charge < -0.3 is 0 Å². The van der Waals surface area contributed by atoms with E-state index in [2.05, 4.69) is 29.6 Å². The molecule has 0 bridgehead atoms. The molecule has 0 aromatic carbocycles. The average molecular weight is 505 g/mol. The maximum absolute atomic E-state index is 4.91. The zero-order valence-electron chi connectivity index (χ0n) is 17.9. The molecular weight excluding hydrogens is 467 g/mol. The van der Waals surface area contributed by atoms with Crippen molar-refractivity contribution in [1.82, 2.24) is 28.4 Å². The SMILES string of the molecule is c1cn[nH]n1.c1nc[n]([Sn]([CH]2CCCCC2)([CH]2CCCCC2)[CH]2CCCCC2)n1.